The van der Waals surface area contributed by atoms with Crippen molar-refractivity contribution in [1.29, 1.82) is 0 Å². The number of carbonyl (C=O) groups is 1. The van der Waals surface area contributed by atoms with Crippen LogP contribution in [0.1, 0.15) is 5.56 Å². The third-order valence-electron chi connectivity index (χ3n) is 5.37. The van der Waals surface area contributed by atoms with Gasteiger partial charge in [-0.1, -0.05) is 54.6 Å². The van der Waals surface area contributed by atoms with Crippen molar-refractivity contribution in [3.05, 3.63) is 78.5 Å². The number of hydrogen-bond donors (Lipinski definition) is 1. The highest BCUT2D eigenvalue weighted by Crippen LogP contribution is 2.22. The minimum absolute atomic E-state index is 0.100. The molecular formula is C24H23N5O2. The van der Waals surface area contributed by atoms with Crippen molar-refractivity contribution >= 4 is 23.2 Å². The van der Waals surface area contributed by atoms with E-state index in [1.54, 1.807) is 10.7 Å². The van der Waals surface area contributed by atoms with Crippen molar-refractivity contribution in [2.45, 2.75) is 6.42 Å². The van der Waals surface area contributed by atoms with Gasteiger partial charge >= 0.3 is 0 Å². The molecule has 1 saturated heterocycles. The molecule has 2 aromatic carbocycles. The first-order valence-corrected chi connectivity index (χ1v) is 10.4. The molecule has 0 radical (unpaired) electrons. The molecule has 0 bridgehead atoms. The number of benzene rings is 2. The molecule has 1 N–H and O–H groups in total. The fraction of sp³-hybridized carbons (Fsp3) is 0.208. The van der Waals surface area contributed by atoms with Gasteiger partial charge in [0.05, 0.1) is 25.8 Å². The fourth-order valence-electron chi connectivity index (χ4n) is 3.80. The van der Waals surface area contributed by atoms with Gasteiger partial charge in [-0.05, 0) is 16.7 Å². The highest BCUT2D eigenvalue weighted by molar-refractivity contribution is 5.92. The first kappa shape index (κ1) is 19.3. The molecule has 0 unspecified atom stereocenters. The number of anilines is 2. The highest BCUT2D eigenvalue weighted by Gasteiger charge is 2.17. The average Bonchev–Trinajstić information content (AvgIpc) is 3.29. The Hall–Kier alpha value is -3.71. The summed E-state index contributed by atoms with van der Waals surface area (Å²) in [6, 6.07) is 22.0. The molecule has 0 atom stereocenters. The Balaban J connectivity index is 1.31. The summed E-state index contributed by atoms with van der Waals surface area (Å²) in [4.78, 5) is 19.4. The molecule has 3 heterocycles. The lowest BCUT2D eigenvalue weighted by atomic mass is 10.0. The van der Waals surface area contributed by atoms with E-state index in [0.717, 1.165) is 35.6 Å². The predicted molar refractivity (Wildman–Crippen MR) is 120 cm³/mol. The molecule has 1 aliphatic heterocycles. The van der Waals surface area contributed by atoms with Gasteiger partial charge in [-0.15, -0.1) is 0 Å². The van der Waals surface area contributed by atoms with Gasteiger partial charge in [-0.2, -0.15) is 9.61 Å². The van der Waals surface area contributed by atoms with Gasteiger partial charge < -0.3 is 15.0 Å². The van der Waals surface area contributed by atoms with Gasteiger partial charge in [0.25, 0.3) is 0 Å². The average molecular weight is 413 g/mol. The van der Waals surface area contributed by atoms with Crippen LogP contribution in [0.4, 0.5) is 11.6 Å². The predicted octanol–water partition coefficient (Wildman–Crippen LogP) is 3.41. The van der Waals surface area contributed by atoms with Crippen LogP contribution < -0.4 is 10.2 Å². The minimum atomic E-state index is -0.100. The molecule has 7 nitrogen and oxygen atoms in total. The van der Waals surface area contributed by atoms with E-state index in [0.29, 0.717) is 24.7 Å². The zero-order valence-corrected chi connectivity index (χ0v) is 17.1. The first-order valence-electron chi connectivity index (χ1n) is 10.4. The lowest BCUT2D eigenvalue weighted by Gasteiger charge is -2.29. The van der Waals surface area contributed by atoms with E-state index in [2.05, 4.69) is 32.4 Å². The van der Waals surface area contributed by atoms with Crippen molar-refractivity contribution in [3.63, 3.8) is 0 Å². The van der Waals surface area contributed by atoms with E-state index in [1.807, 2.05) is 54.6 Å². The van der Waals surface area contributed by atoms with Crippen LogP contribution in [0.3, 0.4) is 0 Å². The Morgan fingerprint density at radius 2 is 1.71 bits per heavy atom. The third-order valence-corrected chi connectivity index (χ3v) is 5.37. The third kappa shape index (κ3) is 4.27. The molecule has 0 saturated carbocycles. The molecule has 4 aromatic rings. The lowest BCUT2D eigenvalue weighted by Crippen LogP contribution is -2.37. The molecular weight excluding hydrogens is 390 g/mol. The second-order valence-electron chi connectivity index (χ2n) is 7.49. The van der Waals surface area contributed by atoms with Crippen LogP contribution in [0.25, 0.3) is 16.8 Å². The Bertz CT molecular complexity index is 1180. The summed E-state index contributed by atoms with van der Waals surface area (Å²) >= 11 is 0. The van der Waals surface area contributed by atoms with Crippen LogP contribution in [0.2, 0.25) is 0 Å². The monoisotopic (exact) mass is 413 g/mol. The summed E-state index contributed by atoms with van der Waals surface area (Å²) in [5.41, 5.74) is 3.95. The van der Waals surface area contributed by atoms with Gasteiger partial charge in [0, 0.05) is 25.2 Å². The zero-order valence-electron chi connectivity index (χ0n) is 17.1. The molecule has 0 aliphatic carbocycles. The minimum Gasteiger partial charge on any atom is -0.378 e. The number of fused-ring (bicyclic) bond motifs is 1. The number of hydrogen-bond acceptors (Lipinski definition) is 5. The Morgan fingerprint density at radius 3 is 2.48 bits per heavy atom. The van der Waals surface area contributed by atoms with Crippen LogP contribution in [0.15, 0.2) is 72.9 Å². The van der Waals surface area contributed by atoms with Crippen LogP contribution >= 0.6 is 0 Å². The van der Waals surface area contributed by atoms with Gasteiger partial charge in [-0.3, -0.25) is 4.79 Å². The molecule has 0 spiro atoms. The summed E-state index contributed by atoms with van der Waals surface area (Å²) in [7, 11) is 0. The molecule has 5 rings (SSSR count). The smallest absolute Gasteiger partial charge is 0.229 e. The number of ether oxygens (including phenoxy) is 1. The van der Waals surface area contributed by atoms with Crippen molar-refractivity contribution in [2.75, 3.05) is 36.5 Å². The molecule has 2 aromatic heterocycles. The maximum absolute atomic E-state index is 12.7. The van der Waals surface area contributed by atoms with E-state index in [4.69, 9.17) is 4.74 Å². The van der Waals surface area contributed by atoms with Gasteiger partial charge in [0.2, 0.25) is 5.91 Å². The molecule has 1 aliphatic rings. The van der Waals surface area contributed by atoms with Crippen LogP contribution in [0, 0.1) is 0 Å². The van der Waals surface area contributed by atoms with Crippen LogP contribution in [0.5, 0.6) is 0 Å². The maximum atomic E-state index is 12.7. The summed E-state index contributed by atoms with van der Waals surface area (Å²) in [6.07, 6.45) is 2.00. The molecule has 156 valence electrons. The number of nitrogens with one attached hydrogen (secondary N) is 1. The highest BCUT2D eigenvalue weighted by atomic mass is 16.5. The SMILES string of the molecule is O=C(Cc1ccc(-c2ccccc2)cc1)Nc1cc(N2CCOCC2)n2nccc2n1. The summed E-state index contributed by atoms with van der Waals surface area (Å²) in [6.45, 7) is 2.90. The molecule has 1 fully saturated rings. The summed E-state index contributed by atoms with van der Waals surface area (Å²) < 4.78 is 7.25. The normalized spacial score (nSPS) is 14.0. The Kier molecular flexibility index (Phi) is 5.33. The van der Waals surface area contributed by atoms with Crippen molar-refractivity contribution in [3.8, 4) is 11.1 Å². The van der Waals surface area contributed by atoms with E-state index in [9.17, 15) is 4.79 Å². The lowest BCUT2D eigenvalue weighted by molar-refractivity contribution is -0.115. The van der Waals surface area contributed by atoms with Gasteiger partial charge in [-0.25, -0.2) is 4.98 Å². The summed E-state index contributed by atoms with van der Waals surface area (Å²) in [5, 5.41) is 7.32. The van der Waals surface area contributed by atoms with E-state index in [-0.39, 0.29) is 12.3 Å². The standard InChI is InChI=1S/C24H23N5O2/c30-23(16-18-6-8-20(9-7-18)19-4-2-1-3-5-19)27-21-17-24(28-12-14-31-15-13-28)29-22(26-21)10-11-25-29/h1-11,17H,12-16H2,(H,26,27,30). The van der Waals surface area contributed by atoms with Crippen LogP contribution in [-0.2, 0) is 16.0 Å². The number of morpholine rings is 1. The number of carbonyl (C=O) groups excluding carboxylic acids is 1. The second kappa shape index (κ2) is 8.57. The molecule has 31 heavy (non-hydrogen) atoms. The van der Waals surface area contributed by atoms with Gasteiger partial charge in [0.15, 0.2) is 5.65 Å². The number of nitrogens with zero attached hydrogens (tertiary/aromatic N) is 4. The van der Waals surface area contributed by atoms with Crippen molar-refractivity contribution < 1.29 is 9.53 Å². The Labute approximate surface area is 180 Å². The Morgan fingerprint density at radius 1 is 0.968 bits per heavy atom. The van der Waals surface area contributed by atoms with E-state index in [1.165, 1.54) is 0 Å². The zero-order chi connectivity index (χ0) is 21.0. The number of aromatic nitrogens is 3. The topological polar surface area (TPSA) is 71.8 Å². The van der Waals surface area contributed by atoms with Crippen molar-refractivity contribution in [1.82, 2.24) is 14.6 Å². The molecule has 1 amide bonds. The van der Waals surface area contributed by atoms with E-state index >= 15 is 0 Å². The van der Waals surface area contributed by atoms with E-state index < -0.39 is 0 Å². The summed E-state index contributed by atoms with van der Waals surface area (Å²) in [5.74, 6) is 1.33. The van der Waals surface area contributed by atoms with Crippen LogP contribution in [-0.4, -0.2) is 46.8 Å². The maximum Gasteiger partial charge on any atom is 0.229 e. The molecule has 7 heteroatoms. The fourth-order valence-corrected chi connectivity index (χ4v) is 3.80. The first-order chi connectivity index (χ1) is 15.3. The van der Waals surface area contributed by atoms with Gasteiger partial charge in [0.1, 0.15) is 11.6 Å². The largest absolute Gasteiger partial charge is 0.378 e. The second-order valence-corrected chi connectivity index (χ2v) is 7.49. The number of amides is 1. The number of rotatable bonds is 5. The quantitative estimate of drug-likeness (QED) is 0.543. The van der Waals surface area contributed by atoms with Crippen molar-refractivity contribution in [2.24, 2.45) is 0 Å².